The molecule has 1 saturated heterocycles. The van der Waals surface area contributed by atoms with Crippen LogP contribution in [-0.4, -0.2) is 41.1 Å². The number of benzene rings is 3. The number of aliphatic hydroxyl groups excluding tert-OH is 1. The van der Waals surface area contributed by atoms with Crippen LogP contribution in [0.3, 0.4) is 0 Å². The molecule has 1 aromatic heterocycles. The zero-order valence-electron chi connectivity index (χ0n) is 22.9. The third kappa shape index (κ3) is 4.88. The van der Waals surface area contributed by atoms with Gasteiger partial charge in [0.25, 0.3) is 5.78 Å². The van der Waals surface area contributed by atoms with Crippen molar-refractivity contribution in [1.29, 1.82) is 0 Å². The number of rotatable bonds is 8. The molecule has 0 unspecified atom stereocenters. The number of aliphatic hydroxyl groups is 1. The minimum atomic E-state index is -0.989. The van der Waals surface area contributed by atoms with Gasteiger partial charge in [-0.1, -0.05) is 41.7 Å². The first-order valence-corrected chi connectivity index (χ1v) is 14.7. The van der Waals surface area contributed by atoms with Crippen LogP contribution in [0.2, 0.25) is 5.02 Å². The smallest absolute Gasteiger partial charge is 0.301 e. The third-order valence-corrected chi connectivity index (χ3v) is 8.35. The van der Waals surface area contributed by atoms with Gasteiger partial charge in [-0.05, 0) is 73.5 Å². The number of Topliss-reactive ketones (excluding diaryl/α,β-unsaturated/α-hetero) is 1. The topological polar surface area (TPSA) is 98.2 Å². The molecule has 1 amide bonds. The van der Waals surface area contributed by atoms with E-state index in [9.17, 15) is 14.7 Å². The summed E-state index contributed by atoms with van der Waals surface area (Å²) in [6, 6.07) is 14.7. The van der Waals surface area contributed by atoms with Gasteiger partial charge in [0.2, 0.25) is 0 Å². The van der Waals surface area contributed by atoms with Gasteiger partial charge in [-0.2, -0.15) is 0 Å². The number of hydrogen-bond acceptors (Lipinski definition) is 8. The quantitative estimate of drug-likeness (QED) is 0.102. The summed E-state index contributed by atoms with van der Waals surface area (Å²) in [5, 5.41) is 12.5. The minimum Gasteiger partial charge on any atom is -0.507 e. The number of aromatic nitrogens is 1. The van der Waals surface area contributed by atoms with Crippen LogP contribution in [0.5, 0.6) is 17.2 Å². The van der Waals surface area contributed by atoms with Crippen LogP contribution < -0.4 is 19.1 Å². The van der Waals surface area contributed by atoms with Crippen LogP contribution in [0.25, 0.3) is 16.0 Å². The van der Waals surface area contributed by atoms with Crippen LogP contribution in [0, 0.1) is 0 Å². The van der Waals surface area contributed by atoms with E-state index in [0.717, 1.165) is 16.0 Å². The third-order valence-electron chi connectivity index (χ3n) is 7.10. The van der Waals surface area contributed by atoms with Gasteiger partial charge >= 0.3 is 5.91 Å². The molecule has 8 nitrogen and oxygen atoms in total. The fraction of sp³-hybridized carbons (Fsp3) is 0.219. The summed E-state index contributed by atoms with van der Waals surface area (Å²) >= 11 is 7.44. The number of ketones is 1. The first kappa shape index (κ1) is 27.8. The first-order chi connectivity index (χ1) is 20.3. The molecule has 0 spiro atoms. The lowest BCUT2D eigenvalue weighted by atomic mass is 9.94. The molecule has 10 heteroatoms. The van der Waals surface area contributed by atoms with Gasteiger partial charge in [0.15, 0.2) is 16.6 Å². The van der Waals surface area contributed by atoms with Crippen molar-refractivity contribution in [2.45, 2.75) is 32.4 Å². The number of thiazole rings is 1. The lowest BCUT2D eigenvalue weighted by molar-refractivity contribution is -0.132. The first-order valence-electron chi connectivity index (χ1n) is 13.5. The molecule has 4 aromatic rings. The zero-order valence-corrected chi connectivity index (χ0v) is 24.5. The Morgan fingerprint density at radius 1 is 1.17 bits per heavy atom. The Morgan fingerprint density at radius 2 is 2.00 bits per heavy atom. The molecule has 6 rings (SSSR count). The van der Waals surface area contributed by atoms with Crippen LogP contribution >= 0.6 is 22.9 Å². The molecule has 1 N–H and O–H groups in total. The molecule has 3 aromatic carbocycles. The van der Waals surface area contributed by atoms with Gasteiger partial charge in [-0.3, -0.25) is 14.5 Å². The number of halogens is 1. The number of ether oxygens (including phenoxy) is 3. The summed E-state index contributed by atoms with van der Waals surface area (Å²) in [5.41, 5.74) is 2.46. The highest BCUT2D eigenvalue weighted by molar-refractivity contribution is 7.22. The Morgan fingerprint density at radius 3 is 2.79 bits per heavy atom. The van der Waals surface area contributed by atoms with Crippen LogP contribution in [-0.2, 0) is 16.0 Å². The molecule has 0 saturated carbocycles. The maximum absolute atomic E-state index is 13.7. The van der Waals surface area contributed by atoms with Crippen molar-refractivity contribution in [3.8, 4) is 17.2 Å². The highest BCUT2D eigenvalue weighted by atomic mass is 35.5. The lowest BCUT2D eigenvalue weighted by Crippen LogP contribution is -2.29. The molecular weight excluding hydrogens is 576 g/mol. The van der Waals surface area contributed by atoms with E-state index in [-0.39, 0.29) is 24.0 Å². The second-order valence-corrected chi connectivity index (χ2v) is 11.4. The van der Waals surface area contributed by atoms with Gasteiger partial charge in [-0.25, -0.2) is 4.98 Å². The monoisotopic (exact) mass is 602 g/mol. The molecule has 0 radical (unpaired) electrons. The van der Waals surface area contributed by atoms with Crippen LogP contribution in [0.4, 0.5) is 5.13 Å². The van der Waals surface area contributed by atoms with Crippen LogP contribution in [0.1, 0.15) is 36.6 Å². The molecule has 1 fully saturated rings. The summed E-state index contributed by atoms with van der Waals surface area (Å²) in [6.07, 6.45) is 2.31. The SMILES string of the molecule is C=CCOc1ccc([C@H]2/C(=C(\O)c3ccc4c(c3)C[C@@H](C)O4)C(=O)C(=O)N2c2nc3ccc(Cl)cc3s2)cc1OCC. The molecule has 2 aliphatic rings. The largest absolute Gasteiger partial charge is 0.507 e. The molecule has 2 aliphatic heterocycles. The second kappa shape index (κ2) is 11.2. The molecule has 0 bridgehead atoms. The summed E-state index contributed by atoms with van der Waals surface area (Å²) in [5.74, 6) is -0.237. The Balaban J connectivity index is 1.54. The van der Waals surface area contributed by atoms with E-state index in [1.807, 2.05) is 13.8 Å². The standard InChI is InChI=1S/C32H27ClN2O6S/c1-4-12-40-24-11-6-18(15-25(24)39-5-2)28-27(29(36)19-7-10-23-20(14-19)13-17(3)41-23)30(37)31(38)35(28)32-34-22-9-8-21(33)16-26(22)42-32/h4,6-11,14-17,28,36H,1,5,12-13H2,2-3H3/b29-27+/t17-,28+/m1/s1. The van der Waals surface area contributed by atoms with Crippen molar-refractivity contribution < 1.29 is 28.9 Å². The van der Waals surface area contributed by atoms with E-state index < -0.39 is 17.7 Å². The average Bonchev–Trinajstić information content (AvgIpc) is 3.63. The average molecular weight is 603 g/mol. The van der Waals surface area contributed by atoms with E-state index in [0.29, 0.717) is 51.3 Å². The van der Waals surface area contributed by atoms with Gasteiger partial charge in [-0.15, -0.1) is 0 Å². The minimum absolute atomic E-state index is 0.00863. The molecule has 214 valence electrons. The molecule has 2 atom stereocenters. The van der Waals surface area contributed by atoms with Crippen molar-refractivity contribution >= 4 is 55.7 Å². The Hall–Kier alpha value is -4.34. The van der Waals surface area contributed by atoms with Crippen molar-refractivity contribution in [2.24, 2.45) is 0 Å². The number of carbonyl (C=O) groups is 2. The van der Waals surface area contributed by atoms with E-state index in [4.69, 9.17) is 25.8 Å². The van der Waals surface area contributed by atoms with E-state index in [1.54, 1.807) is 60.7 Å². The van der Waals surface area contributed by atoms with Crippen molar-refractivity contribution in [1.82, 2.24) is 4.98 Å². The predicted octanol–water partition coefficient (Wildman–Crippen LogP) is 6.86. The Kier molecular flexibility index (Phi) is 7.38. The van der Waals surface area contributed by atoms with Crippen LogP contribution in [0.15, 0.2) is 72.8 Å². The highest BCUT2D eigenvalue weighted by Gasteiger charge is 2.48. The fourth-order valence-corrected chi connectivity index (χ4v) is 6.56. The molecule has 42 heavy (non-hydrogen) atoms. The van der Waals surface area contributed by atoms with Crippen molar-refractivity contribution in [2.75, 3.05) is 18.1 Å². The Bertz CT molecular complexity index is 1780. The number of nitrogens with zero attached hydrogens (tertiary/aromatic N) is 2. The molecule has 3 heterocycles. The lowest BCUT2D eigenvalue weighted by Gasteiger charge is -2.24. The number of carbonyl (C=O) groups excluding carboxylic acids is 2. The van der Waals surface area contributed by atoms with Gasteiger partial charge in [0.1, 0.15) is 24.2 Å². The van der Waals surface area contributed by atoms with Gasteiger partial charge in [0, 0.05) is 17.0 Å². The zero-order chi connectivity index (χ0) is 29.5. The van der Waals surface area contributed by atoms with E-state index >= 15 is 0 Å². The number of amides is 1. The summed E-state index contributed by atoms with van der Waals surface area (Å²) in [4.78, 5) is 33.4. The summed E-state index contributed by atoms with van der Waals surface area (Å²) in [6.45, 7) is 8.15. The maximum Gasteiger partial charge on any atom is 0.301 e. The Labute approximate surface area is 251 Å². The predicted molar refractivity (Wildman–Crippen MR) is 163 cm³/mol. The fourth-order valence-electron chi connectivity index (χ4n) is 5.29. The number of fused-ring (bicyclic) bond motifs is 2. The van der Waals surface area contributed by atoms with Gasteiger partial charge < -0.3 is 19.3 Å². The molecule has 0 aliphatic carbocycles. The second-order valence-electron chi connectivity index (χ2n) is 9.97. The summed E-state index contributed by atoms with van der Waals surface area (Å²) < 4.78 is 18.2. The van der Waals surface area contributed by atoms with Crippen molar-refractivity contribution in [3.63, 3.8) is 0 Å². The maximum atomic E-state index is 13.7. The van der Waals surface area contributed by atoms with E-state index in [2.05, 4.69) is 11.6 Å². The number of hydrogen-bond donors (Lipinski definition) is 1. The number of anilines is 1. The van der Waals surface area contributed by atoms with Crippen molar-refractivity contribution in [3.05, 3.63) is 94.5 Å². The highest BCUT2D eigenvalue weighted by Crippen LogP contribution is 2.46. The van der Waals surface area contributed by atoms with Gasteiger partial charge in [0.05, 0.1) is 28.4 Å². The summed E-state index contributed by atoms with van der Waals surface area (Å²) in [7, 11) is 0. The van der Waals surface area contributed by atoms with E-state index in [1.165, 1.54) is 16.2 Å². The molecular formula is C32H27ClN2O6S. The normalized spacial score (nSPS) is 19.2.